The average Bonchev–Trinajstić information content (AvgIpc) is 2.83. The van der Waals surface area contributed by atoms with E-state index in [2.05, 4.69) is 0 Å². The molecule has 0 aliphatic carbocycles. The molecule has 128 valence electrons. The van der Waals surface area contributed by atoms with Crippen molar-refractivity contribution in [2.45, 2.75) is 11.7 Å². The third kappa shape index (κ3) is 3.88. The average molecular weight is 360 g/mol. The first-order valence-electron chi connectivity index (χ1n) is 7.78. The second-order valence-electron chi connectivity index (χ2n) is 5.59. The van der Waals surface area contributed by atoms with Gasteiger partial charge in [0.05, 0.1) is 13.2 Å². The fraction of sp³-hybridized carbons (Fsp3) is 0.600. The zero-order valence-corrected chi connectivity index (χ0v) is 14.5. The first-order chi connectivity index (χ1) is 11.1. The fourth-order valence-corrected chi connectivity index (χ4v) is 5.87. The maximum atomic E-state index is 14.0. The van der Waals surface area contributed by atoms with E-state index in [9.17, 15) is 12.8 Å². The maximum absolute atomic E-state index is 14.0. The molecule has 2 aliphatic rings. The zero-order valence-electron chi connectivity index (χ0n) is 12.9. The SMILES string of the molecule is O=S(=O)(N1CCOCC1)N1CCS[C@@H](c2ccccc2F)CC1. The highest BCUT2D eigenvalue weighted by Crippen LogP contribution is 2.36. The van der Waals surface area contributed by atoms with Crippen molar-refractivity contribution in [1.82, 2.24) is 8.61 Å². The minimum Gasteiger partial charge on any atom is -0.379 e. The van der Waals surface area contributed by atoms with Crippen molar-refractivity contribution >= 4 is 22.0 Å². The summed E-state index contributed by atoms with van der Waals surface area (Å²) in [6.07, 6.45) is 0.620. The van der Waals surface area contributed by atoms with Gasteiger partial charge in [-0.25, -0.2) is 4.39 Å². The van der Waals surface area contributed by atoms with Crippen molar-refractivity contribution in [2.24, 2.45) is 0 Å². The van der Waals surface area contributed by atoms with Crippen LogP contribution in [0.2, 0.25) is 0 Å². The number of benzene rings is 1. The van der Waals surface area contributed by atoms with E-state index in [1.54, 1.807) is 23.9 Å². The molecule has 1 atom stereocenters. The van der Waals surface area contributed by atoms with Crippen molar-refractivity contribution in [3.8, 4) is 0 Å². The van der Waals surface area contributed by atoms with Crippen LogP contribution in [0.3, 0.4) is 0 Å². The summed E-state index contributed by atoms with van der Waals surface area (Å²) in [5.74, 6) is 0.456. The number of hydrogen-bond donors (Lipinski definition) is 0. The highest BCUT2D eigenvalue weighted by atomic mass is 32.2. The van der Waals surface area contributed by atoms with Gasteiger partial charge in [-0.05, 0) is 12.5 Å². The van der Waals surface area contributed by atoms with Crippen molar-refractivity contribution in [3.05, 3.63) is 35.6 Å². The Kier molecular flexibility index (Phi) is 5.58. The largest absolute Gasteiger partial charge is 0.379 e. The van der Waals surface area contributed by atoms with Crippen LogP contribution in [0.4, 0.5) is 4.39 Å². The van der Waals surface area contributed by atoms with Gasteiger partial charge in [0.2, 0.25) is 0 Å². The lowest BCUT2D eigenvalue weighted by Gasteiger charge is -2.31. The maximum Gasteiger partial charge on any atom is 0.282 e. The molecule has 2 heterocycles. The Morgan fingerprint density at radius 2 is 1.78 bits per heavy atom. The van der Waals surface area contributed by atoms with Crippen LogP contribution in [-0.2, 0) is 14.9 Å². The minimum atomic E-state index is -3.44. The van der Waals surface area contributed by atoms with E-state index in [1.807, 2.05) is 6.07 Å². The number of halogens is 1. The number of rotatable bonds is 3. The summed E-state index contributed by atoms with van der Waals surface area (Å²) in [6.45, 7) is 2.59. The van der Waals surface area contributed by atoms with Gasteiger partial charge in [0, 0.05) is 42.7 Å². The lowest BCUT2D eigenvalue weighted by Crippen LogP contribution is -2.49. The Bertz CT molecular complexity index is 635. The Morgan fingerprint density at radius 1 is 1.09 bits per heavy atom. The number of nitrogens with zero attached hydrogens (tertiary/aromatic N) is 2. The van der Waals surface area contributed by atoms with Crippen molar-refractivity contribution in [1.29, 1.82) is 0 Å². The second-order valence-corrected chi connectivity index (χ2v) is 8.83. The van der Waals surface area contributed by atoms with Crippen molar-refractivity contribution in [3.63, 3.8) is 0 Å². The molecule has 5 nitrogen and oxygen atoms in total. The number of hydrogen-bond acceptors (Lipinski definition) is 4. The van der Waals surface area contributed by atoms with E-state index >= 15 is 0 Å². The van der Waals surface area contributed by atoms with Crippen LogP contribution in [0.1, 0.15) is 17.2 Å². The topological polar surface area (TPSA) is 49.9 Å². The molecule has 0 radical (unpaired) electrons. The van der Waals surface area contributed by atoms with Crippen LogP contribution in [0, 0.1) is 5.82 Å². The van der Waals surface area contributed by atoms with E-state index in [0.29, 0.717) is 57.1 Å². The van der Waals surface area contributed by atoms with Crippen LogP contribution >= 0.6 is 11.8 Å². The lowest BCUT2D eigenvalue weighted by atomic mass is 10.1. The molecule has 2 fully saturated rings. The van der Waals surface area contributed by atoms with Crippen molar-refractivity contribution < 1.29 is 17.5 Å². The molecule has 1 aromatic carbocycles. The summed E-state index contributed by atoms with van der Waals surface area (Å²) in [7, 11) is -3.44. The Morgan fingerprint density at radius 3 is 2.52 bits per heavy atom. The van der Waals surface area contributed by atoms with E-state index in [-0.39, 0.29) is 11.1 Å². The number of morpholine rings is 1. The van der Waals surface area contributed by atoms with Gasteiger partial charge in [-0.15, -0.1) is 0 Å². The van der Waals surface area contributed by atoms with Gasteiger partial charge in [-0.3, -0.25) is 0 Å². The van der Waals surface area contributed by atoms with E-state index in [4.69, 9.17) is 4.74 Å². The lowest BCUT2D eigenvalue weighted by molar-refractivity contribution is 0.0703. The summed E-state index contributed by atoms with van der Waals surface area (Å²) in [4.78, 5) is 0. The van der Waals surface area contributed by atoms with Gasteiger partial charge >= 0.3 is 0 Å². The molecule has 0 aromatic heterocycles. The van der Waals surface area contributed by atoms with Gasteiger partial charge in [0.15, 0.2) is 0 Å². The monoisotopic (exact) mass is 360 g/mol. The summed E-state index contributed by atoms with van der Waals surface area (Å²) in [5, 5.41) is 0.00101. The molecular weight excluding hydrogens is 339 g/mol. The highest BCUT2D eigenvalue weighted by molar-refractivity contribution is 7.99. The molecule has 3 rings (SSSR count). The third-order valence-electron chi connectivity index (χ3n) is 4.18. The molecule has 0 bridgehead atoms. The van der Waals surface area contributed by atoms with E-state index in [1.165, 1.54) is 14.7 Å². The fourth-order valence-electron chi connectivity index (χ4n) is 2.91. The number of ether oxygens (including phenoxy) is 1. The van der Waals surface area contributed by atoms with Crippen LogP contribution in [-0.4, -0.2) is 62.2 Å². The quantitative estimate of drug-likeness (QED) is 0.826. The van der Waals surface area contributed by atoms with Gasteiger partial charge in [0.1, 0.15) is 5.82 Å². The van der Waals surface area contributed by atoms with Crippen LogP contribution in [0.25, 0.3) is 0 Å². The molecule has 2 aliphatic heterocycles. The molecule has 1 aromatic rings. The standard InChI is InChI=1S/C15H21FN2O3S2/c16-14-4-2-1-3-13(14)15-5-6-17(9-12-22-15)23(19,20)18-7-10-21-11-8-18/h1-4,15H,5-12H2/t15-/m1/s1. The molecule has 0 unspecified atom stereocenters. The van der Waals surface area contributed by atoms with E-state index < -0.39 is 10.2 Å². The molecule has 0 saturated carbocycles. The van der Waals surface area contributed by atoms with Crippen LogP contribution in [0.5, 0.6) is 0 Å². The molecule has 2 saturated heterocycles. The first kappa shape index (κ1) is 17.2. The normalized spacial score (nSPS) is 25.2. The van der Waals surface area contributed by atoms with Crippen molar-refractivity contribution in [2.75, 3.05) is 45.1 Å². The Balaban J connectivity index is 1.70. The Labute approximate surface area is 141 Å². The first-order valence-corrected chi connectivity index (χ1v) is 10.2. The van der Waals surface area contributed by atoms with Gasteiger partial charge < -0.3 is 4.74 Å². The molecule has 0 spiro atoms. The minimum absolute atomic E-state index is 0.00101. The van der Waals surface area contributed by atoms with Gasteiger partial charge in [0.25, 0.3) is 10.2 Å². The highest BCUT2D eigenvalue weighted by Gasteiger charge is 2.33. The van der Waals surface area contributed by atoms with Gasteiger partial charge in [-0.2, -0.15) is 28.8 Å². The summed E-state index contributed by atoms with van der Waals surface area (Å²) < 4.78 is 47.6. The molecular formula is C15H21FN2O3S2. The predicted molar refractivity (Wildman–Crippen MR) is 89.1 cm³/mol. The molecule has 0 amide bonds. The molecule has 23 heavy (non-hydrogen) atoms. The molecule has 8 heteroatoms. The smallest absolute Gasteiger partial charge is 0.282 e. The predicted octanol–water partition coefficient (Wildman–Crippen LogP) is 1.88. The Hall–Kier alpha value is -0.670. The number of thioether (sulfide) groups is 1. The van der Waals surface area contributed by atoms with Gasteiger partial charge in [-0.1, -0.05) is 18.2 Å². The zero-order chi connectivity index (χ0) is 16.3. The summed E-state index contributed by atoms with van der Waals surface area (Å²) >= 11 is 1.63. The summed E-state index contributed by atoms with van der Waals surface area (Å²) in [6, 6.07) is 6.75. The van der Waals surface area contributed by atoms with E-state index in [0.717, 1.165) is 0 Å². The molecule has 0 N–H and O–H groups in total. The second kappa shape index (κ2) is 7.48. The van der Waals surface area contributed by atoms with Crippen LogP contribution < -0.4 is 0 Å². The third-order valence-corrected chi connectivity index (χ3v) is 7.52. The summed E-state index contributed by atoms with van der Waals surface area (Å²) in [5.41, 5.74) is 0.670. The van der Waals surface area contributed by atoms with Crippen LogP contribution in [0.15, 0.2) is 24.3 Å².